The summed E-state index contributed by atoms with van der Waals surface area (Å²) in [5.41, 5.74) is 2.66. The molecule has 0 amide bonds. The second-order valence-electron chi connectivity index (χ2n) is 5.88. The van der Waals surface area contributed by atoms with E-state index in [9.17, 15) is 0 Å². The Labute approximate surface area is 109 Å². The maximum Gasteiger partial charge on any atom is 0.0665 e. The molecular formula is C15H21N3. The molecule has 3 aliphatic rings. The zero-order valence-electron chi connectivity index (χ0n) is 11.3. The first-order chi connectivity index (χ1) is 8.60. The monoisotopic (exact) mass is 243 g/mol. The summed E-state index contributed by atoms with van der Waals surface area (Å²) in [6, 6.07) is 0. The molecule has 0 radical (unpaired) electrons. The standard InChI is InChI=1S/C15H21N3/c1-14-5-6-15(14,2)13-10-17-9-11(14)8-12(16-3)4-7-18-13/h4-7,10-11,16-17H,8-9H2,1-3H3/b12-4+,18-7-/t11-,14-,15+/m0/s1. The van der Waals surface area contributed by atoms with Crippen LogP contribution in [-0.4, -0.2) is 19.8 Å². The fourth-order valence-corrected chi connectivity index (χ4v) is 3.36. The molecular weight excluding hydrogens is 222 g/mol. The lowest BCUT2D eigenvalue weighted by Crippen LogP contribution is -2.48. The largest absolute Gasteiger partial charge is 0.391 e. The summed E-state index contributed by atoms with van der Waals surface area (Å²) in [5, 5.41) is 6.73. The van der Waals surface area contributed by atoms with Crippen molar-refractivity contribution < 1.29 is 0 Å². The Morgan fingerprint density at radius 2 is 2.22 bits per heavy atom. The molecule has 0 aromatic carbocycles. The third-order valence-corrected chi connectivity index (χ3v) is 5.14. The van der Waals surface area contributed by atoms with Gasteiger partial charge < -0.3 is 10.6 Å². The van der Waals surface area contributed by atoms with Gasteiger partial charge in [-0.2, -0.15) is 0 Å². The third-order valence-electron chi connectivity index (χ3n) is 5.14. The van der Waals surface area contributed by atoms with Crippen LogP contribution in [0.15, 0.2) is 40.8 Å². The molecule has 2 bridgehead atoms. The molecule has 0 aromatic rings. The highest BCUT2D eigenvalue weighted by molar-refractivity contribution is 5.74. The van der Waals surface area contributed by atoms with Crippen LogP contribution in [0.4, 0.5) is 0 Å². The van der Waals surface area contributed by atoms with Crippen LogP contribution in [0.25, 0.3) is 0 Å². The second kappa shape index (κ2) is 3.74. The zero-order chi connectivity index (χ0) is 12.8. The molecule has 18 heavy (non-hydrogen) atoms. The van der Waals surface area contributed by atoms with Gasteiger partial charge in [-0.25, -0.2) is 0 Å². The van der Waals surface area contributed by atoms with Crippen LogP contribution >= 0.6 is 0 Å². The van der Waals surface area contributed by atoms with Crippen molar-refractivity contribution in [2.45, 2.75) is 20.3 Å². The fraction of sp³-hybridized carbons (Fsp3) is 0.533. The van der Waals surface area contributed by atoms with Gasteiger partial charge in [0.05, 0.1) is 5.70 Å². The lowest BCUT2D eigenvalue weighted by Gasteiger charge is -2.53. The van der Waals surface area contributed by atoms with E-state index in [1.165, 1.54) is 5.70 Å². The van der Waals surface area contributed by atoms with Gasteiger partial charge in [0, 0.05) is 42.5 Å². The summed E-state index contributed by atoms with van der Waals surface area (Å²) in [6.07, 6.45) is 11.9. The molecule has 96 valence electrons. The predicted octanol–water partition coefficient (Wildman–Crippen LogP) is 2.21. The summed E-state index contributed by atoms with van der Waals surface area (Å²) in [6.45, 7) is 5.68. The number of nitrogens with zero attached hydrogens (tertiary/aromatic N) is 1. The average Bonchev–Trinajstić information content (AvgIpc) is 2.43. The van der Waals surface area contributed by atoms with Gasteiger partial charge in [-0.1, -0.05) is 19.1 Å². The van der Waals surface area contributed by atoms with E-state index in [0.29, 0.717) is 5.92 Å². The normalized spacial score (nSPS) is 45.8. The van der Waals surface area contributed by atoms with Gasteiger partial charge in [-0.15, -0.1) is 0 Å². The van der Waals surface area contributed by atoms with Crippen LogP contribution < -0.4 is 10.6 Å². The van der Waals surface area contributed by atoms with Gasteiger partial charge in [0.15, 0.2) is 0 Å². The highest BCUT2D eigenvalue weighted by Gasteiger charge is 2.55. The summed E-state index contributed by atoms with van der Waals surface area (Å²) in [7, 11) is 1.99. The van der Waals surface area contributed by atoms with Crippen LogP contribution in [0.3, 0.4) is 0 Å². The quantitative estimate of drug-likeness (QED) is 0.693. The number of nitrogens with one attached hydrogen (secondary N) is 2. The number of aliphatic imine (C=N–C) groups is 1. The van der Waals surface area contributed by atoms with E-state index in [4.69, 9.17) is 0 Å². The first kappa shape index (κ1) is 11.6. The minimum Gasteiger partial charge on any atom is -0.391 e. The molecule has 3 nitrogen and oxygen atoms in total. The van der Waals surface area contributed by atoms with Crippen molar-refractivity contribution in [2.75, 3.05) is 13.6 Å². The first-order valence-corrected chi connectivity index (χ1v) is 6.65. The van der Waals surface area contributed by atoms with E-state index in [0.717, 1.165) is 18.7 Å². The summed E-state index contributed by atoms with van der Waals surface area (Å²) < 4.78 is 0. The summed E-state index contributed by atoms with van der Waals surface area (Å²) in [4.78, 5) is 4.66. The molecule has 3 heteroatoms. The lowest BCUT2D eigenvalue weighted by molar-refractivity contribution is 0.101. The van der Waals surface area contributed by atoms with Crippen molar-refractivity contribution in [3.05, 3.63) is 35.8 Å². The van der Waals surface area contributed by atoms with Crippen LogP contribution in [0.5, 0.6) is 0 Å². The van der Waals surface area contributed by atoms with E-state index in [1.54, 1.807) is 0 Å². The minimum absolute atomic E-state index is 0.0642. The van der Waals surface area contributed by atoms with Crippen LogP contribution in [-0.2, 0) is 0 Å². The Balaban J connectivity index is 2.11. The Kier molecular flexibility index (Phi) is 2.40. The predicted molar refractivity (Wildman–Crippen MR) is 75.2 cm³/mol. The molecule has 2 aliphatic heterocycles. The fourth-order valence-electron chi connectivity index (χ4n) is 3.36. The Bertz CT molecular complexity index is 486. The minimum atomic E-state index is 0.0642. The number of rotatable bonds is 1. The van der Waals surface area contributed by atoms with Crippen molar-refractivity contribution in [2.24, 2.45) is 21.7 Å². The number of allylic oxidation sites excluding steroid dienone is 4. The van der Waals surface area contributed by atoms with E-state index in [-0.39, 0.29) is 10.8 Å². The van der Waals surface area contributed by atoms with Gasteiger partial charge in [-0.3, -0.25) is 4.99 Å². The average molecular weight is 243 g/mol. The number of hydrogen-bond acceptors (Lipinski definition) is 3. The second-order valence-corrected chi connectivity index (χ2v) is 5.88. The van der Waals surface area contributed by atoms with Gasteiger partial charge in [0.1, 0.15) is 0 Å². The molecule has 0 fully saturated rings. The van der Waals surface area contributed by atoms with E-state index < -0.39 is 0 Å². The highest BCUT2D eigenvalue weighted by Crippen LogP contribution is 2.60. The molecule has 3 atom stereocenters. The van der Waals surface area contributed by atoms with E-state index in [1.807, 2.05) is 13.3 Å². The van der Waals surface area contributed by atoms with Crippen molar-refractivity contribution in [3.63, 3.8) is 0 Å². The van der Waals surface area contributed by atoms with Crippen molar-refractivity contribution in [1.29, 1.82) is 0 Å². The Morgan fingerprint density at radius 1 is 1.39 bits per heavy atom. The van der Waals surface area contributed by atoms with E-state index >= 15 is 0 Å². The molecule has 0 unspecified atom stereocenters. The smallest absolute Gasteiger partial charge is 0.0665 e. The van der Waals surface area contributed by atoms with Gasteiger partial charge in [0.2, 0.25) is 0 Å². The molecule has 0 spiro atoms. The maximum absolute atomic E-state index is 4.66. The van der Waals surface area contributed by atoms with Crippen molar-refractivity contribution in [1.82, 2.24) is 10.6 Å². The highest BCUT2D eigenvalue weighted by atomic mass is 14.9. The lowest BCUT2D eigenvalue weighted by atomic mass is 9.50. The van der Waals surface area contributed by atoms with Crippen LogP contribution in [0.2, 0.25) is 0 Å². The van der Waals surface area contributed by atoms with Gasteiger partial charge >= 0.3 is 0 Å². The molecule has 2 N–H and O–H groups in total. The van der Waals surface area contributed by atoms with Crippen molar-refractivity contribution >= 4 is 6.21 Å². The van der Waals surface area contributed by atoms with Crippen LogP contribution in [0, 0.1) is 16.7 Å². The molecule has 3 rings (SSSR count). The first-order valence-electron chi connectivity index (χ1n) is 6.65. The molecule has 0 aromatic heterocycles. The topological polar surface area (TPSA) is 36.4 Å². The molecule has 0 saturated carbocycles. The van der Waals surface area contributed by atoms with E-state index in [2.05, 4.69) is 53.9 Å². The van der Waals surface area contributed by atoms with Gasteiger partial charge in [-0.05, 0) is 25.3 Å². The maximum atomic E-state index is 4.66. The summed E-state index contributed by atoms with van der Waals surface area (Å²) >= 11 is 0. The molecule has 1 aliphatic carbocycles. The Hall–Kier alpha value is -1.51. The van der Waals surface area contributed by atoms with Gasteiger partial charge in [0.25, 0.3) is 0 Å². The zero-order valence-corrected chi connectivity index (χ0v) is 11.3. The SMILES string of the molecule is CN/C1=C/C=N\C2=CNC[C@H](C1)[C@]1(C)C=C[C@]21C. The molecule has 2 heterocycles. The number of hydrogen-bond donors (Lipinski definition) is 2. The summed E-state index contributed by atoms with van der Waals surface area (Å²) in [5.74, 6) is 0.585. The molecule has 0 saturated heterocycles. The van der Waals surface area contributed by atoms with Crippen molar-refractivity contribution in [3.8, 4) is 0 Å². The van der Waals surface area contributed by atoms with Crippen LogP contribution in [0.1, 0.15) is 20.3 Å². The third kappa shape index (κ3) is 1.33. The Morgan fingerprint density at radius 3 is 2.89 bits per heavy atom.